The summed E-state index contributed by atoms with van der Waals surface area (Å²) in [6.07, 6.45) is 3.38. The average molecular weight is 317 g/mol. The first kappa shape index (κ1) is 15.9. The van der Waals surface area contributed by atoms with Gasteiger partial charge in [-0.15, -0.1) is 11.3 Å². The molecule has 114 valence electrons. The van der Waals surface area contributed by atoms with Gasteiger partial charge in [0.1, 0.15) is 0 Å². The highest BCUT2D eigenvalue weighted by Gasteiger charge is 2.26. The fourth-order valence-electron chi connectivity index (χ4n) is 2.71. The molecule has 20 heavy (non-hydrogen) atoms. The van der Waals surface area contributed by atoms with Crippen molar-refractivity contribution in [3.63, 3.8) is 0 Å². The quantitative estimate of drug-likeness (QED) is 0.827. The summed E-state index contributed by atoms with van der Waals surface area (Å²) in [4.78, 5) is 7.83. The molecule has 5 nitrogen and oxygen atoms in total. The van der Waals surface area contributed by atoms with Crippen LogP contribution in [0, 0.1) is 12.8 Å². The van der Waals surface area contributed by atoms with Crippen LogP contribution in [0.3, 0.4) is 0 Å². The predicted octanol–water partition coefficient (Wildman–Crippen LogP) is 1.55. The molecule has 0 saturated carbocycles. The van der Waals surface area contributed by atoms with Crippen LogP contribution in [0.4, 0.5) is 0 Å². The van der Waals surface area contributed by atoms with E-state index in [1.165, 1.54) is 11.1 Å². The van der Waals surface area contributed by atoms with Crippen molar-refractivity contribution in [1.82, 2.24) is 14.2 Å². The van der Waals surface area contributed by atoms with E-state index in [9.17, 15) is 8.42 Å². The van der Waals surface area contributed by atoms with E-state index in [2.05, 4.69) is 16.9 Å². The molecular formula is C13H23N3O2S2. The van der Waals surface area contributed by atoms with Gasteiger partial charge < -0.3 is 4.90 Å². The summed E-state index contributed by atoms with van der Waals surface area (Å²) in [6, 6.07) is 0. The molecular weight excluding hydrogens is 294 g/mol. The van der Waals surface area contributed by atoms with Crippen molar-refractivity contribution in [2.24, 2.45) is 5.92 Å². The molecule has 1 aliphatic heterocycles. The fraction of sp³-hybridized carbons (Fsp3) is 0.769. The molecule has 2 rings (SSSR count). The van der Waals surface area contributed by atoms with Gasteiger partial charge in [0.05, 0.1) is 17.5 Å². The van der Waals surface area contributed by atoms with Crippen LogP contribution >= 0.6 is 11.3 Å². The maximum Gasteiger partial charge on any atom is 0.211 e. The number of nitrogens with zero attached hydrogens (tertiary/aromatic N) is 3. The monoisotopic (exact) mass is 317 g/mol. The first-order valence-corrected chi connectivity index (χ1v) is 9.61. The maximum absolute atomic E-state index is 11.6. The van der Waals surface area contributed by atoms with Crippen molar-refractivity contribution in [2.45, 2.75) is 26.3 Å². The number of hydrogen-bond acceptors (Lipinski definition) is 5. The van der Waals surface area contributed by atoms with Gasteiger partial charge in [-0.2, -0.15) is 0 Å². The number of aryl methyl sites for hydroxylation is 1. The topological polar surface area (TPSA) is 53.5 Å². The Hall–Kier alpha value is -0.500. The predicted molar refractivity (Wildman–Crippen MR) is 82.3 cm³/mol. The lowest BCUT2D eigenvalue weighted by atomic mass is 9.99. The van der Waals surface area contributed by atoms with Crippen molar-refractivity contribution in [2.75, 3.05) is 32.9 Å². The third kappa shape index (κ3) is 4.25. The molecule has 1 aromatic rings. The lowest BCUT2D eigenvalue weighted by Crippen LogP contribution is -2.42. The average Bonchev–Trinajstić information content (AvgIpc) is 2.74. The minimum absolute atomic E-state index is 0.428. The van der Waals surface area contributed by atoms with Crippen LogP contribution in [-0.4, -0.2) is 55.5 Å². The van der Waals surface area contributed by atoms with Gasteiger partial charge in [0, 0.05) is 31.1 Å². The summed E-state index contributed by atoms with van der Waals surface area (Å²) in [6.45, 7) is 5.19. The molecule has 1 aromatic heterocycles. The molecule has 1 atom stereocenters. The van der Waals surface area contributed by atoms with Gasteiger partial charge in [-0.25, -0.2) is 17.7 Å². The van der Waals surface area contributed by atoms with Crippen molar-refractivity contribution in [1.29, 1.82) is 0 Å². The van der Waals surface area contributed by atoms with E-state index in [4.69, 9.17) is 0 Å². The Bertz CT molecular complexity index is 542. The van der Waals surface area contributed by atoms with Crippen LogP contribution in [0.2, 0.25) is 0 Å². The van der Waals surface area contributed by atoms with Crippen molar-refractivity contribution in [3.05, 3.63) is 16.1 Å². The summed E-state index contributed by atoms with van der Waals surface area (Å²) in [5, 5.41) is 0. The highest BCUT2D eigenvalue weighted by molar-refractivity contribution is 7.88. The van der Waals surface area contributed by atoms with Gasteiger partial charge in [-0.05, 0) is 32.7 Å². The third-order valence-electron chi connectivity index (χ3n) is 3.78. The first-order chi connectivity index (χ1) is 9.36. The van der Waals surface area contributed by atoms with Crippen molar-refractivity contribution >= 4 is 21.4 Å². The largest absolute Gasteiger partial charge is 0.301 e. The molecule has 0 unspecified atom stereocenters. The Labute approximate surface area is 125 Å². The maximum atomic E-state index is 11.6. The zero-order valence-corrected chi connectivity index (χ0v) is 14.0. The Morgan fingerprint density at radius 3 is 2.90 bits per heavy atom. The third-order valence-corrected chi connectivity index (χ3v) is 5.97. The van der Waals surface area contributed by atoms with Crippen LogP contribution in [0.1, 0.15) is 23.4 Å². The van der Waals surface area contributed by atoms with Crippen LogP contribution in [-0.2, 0) is 16.6 Å². The normalized spacial score (nSPS) is 21.5. The molecule has 1 saturated heterocycles. The summed E-state index contributed by atoms with van der Waals surface area (Å²) in [5.74, 6) is 0.428. The summed E-state index contributed by atoms with van der Waals surface area (Å²) < 4.78 is 24.9. The summed E-state index contributed by atoms with van der Waals surface area (Å²) in [7, 11) is -0.949. The van der Waals surface area contributed by atoms with E-state index in [0.717, 1.165) is 31.6 Å². The van der Waals surface area contributed by atoms with Gasteiger partial charge in [0.15, 0.2) is 0 Å². The summed E-state index contributed by atoms with van der Waals surface area (Å²) >= 11 is 1.69. The van der Waals surface area contributed by atoms with Crippen molar-refractivity contribution in [3.8, 4) is 0 Å². The zero-order chi connectivity index (χ0) is 14.8. The van der Waals surface area contributed by atoms with Gasteiger partial charge in [0.2, 0.25) is 10.0 Å². The van der Waals surface area contributed by atoms with Crippen LogP contribution in [0.15, 0.2) is 5.51 Å². The number of hydrogen-bond donors (Lipinski definition) is 0. The van der Waals surface area contributed by atoms with E-state index >= 15 is 0 Å². The molecule has 0 amide bonds. The van der Waals surface area contributed by atoms with Gasteiger partial charge in [0.25, 0.3) is 0 Å². The molecule has 1 aliphatic rings. The highest BCUT2D eigenvalue weighted by atomic mass is 32.2. The standard InChI is InChI=1S/C13H23N3O2S2/c1-11-13(19-10-14-11)9-15(2)7-12-5-4-6-16(8-12)20(3,17)18/h10,12H,4-9H2,1-3H3/t12-/m0/s1. The second kappa shape index (κ2) is 6.51. The van der Waals surface area contributed by atoms with E-state index in [0.29, 0.717) is 19.0 Å². The molecule has 0 aromatic carbocycles. The molecule has 0 radical (unpaired) electrons. The molecule has 0 bridgehead atoms. The molecule has 7 heteroatoms. The second-order valence-electron chi connectivity index (χ2n) is 5.69. The van der Waals surface area contributed by atoms with Crippen LogP contribution in [0.5, 0.6) is 0 Å². The Morgan fingerprint density at radius 2 is 2.30 bits per heavy atom. The van der Waals surface area contributed by atoms with E-state index < -0.39 is 10.0 Å². The second-order valence-corrected chi connectivity index (χ2v) is 8.61. The zero-order valence-electron chi connectivity index (χ0n) is 12.4. The molecule has 0 spiro atoms. The van der Waals surface area contributed by atoms with E-state index in [1.54, 1.807) is 15.6 Å². The number of thiazole rings is 1. The van der Waals surface area contributed by atoms with Gasteiger partial charge in [-0.1, -0.05) is 0 Å². The fourth-order valence-corrected chi connectivity index (χ4v) is 4.50. The van der Waals surface area contributed by atoms with Crippen molar-refractivity contribution < 1.29 is 8.42 Å². The SMILES string of the molecule is Cc1ncsc1CN(C)C[C@@H]1CCCN(S(C)(=O)=O)C1. The highest BCUT2D eigenvalue weighted by Crippen LogP contribution is 2.21. The van der Waals surface area contributed by atoms with Crippen LogP contribution in [0.25, 0.3) is 0 Å². The number of sulfonamides is 1. The Balaban J connectivity index is 1.88. The lowest BCUT2D eigenvalue weighted by molar-refractivity contribution is 0.197. The minimum Gasteiger partial charge on any atom is -0.301 e. The molecule has 0 N–H and O–H groups in total. The molecule has 2 heterocycles. The summed E-state index contributed by atoms with van der Waals surface area (Å²) in [5.41, 5.74) is 2.98. The molecule has 1 fully saturated rings. The smallest absolute Gasteiger partial charge is 0.211 e. The lowest BCUT2D eigenvalue weighted by Gasteiger charge is -2.33. The number of aromatic nitrogens is 1. The Kier molecular flexibility index (Phi) is 5.17. The first-order valence-electron chi connectivity index (χ1n) is 6.89. The van der Waals surface area contributed by atoms with Crippen LogP contribution < -0.4 is 0 Å². The molecule has 0 aliphatic carbocycles. The minimum atomic E-state index is -3.04. The van der Waals surface area contributed by atoms with E-state index in [-0.39, 0.29) is 0 Å². The number of piperidine rings is 1. The van der Waals surface area contributed by atoms with Gasteiger partial charge in [-0.3, -0.25) is 0 Å². The Morgan fingerprint density at radius 1 is 1.55 bits per heavy atom. The van der Waals surface area contributed by atoms with Gasteiger partial charge >= 0.3 is 0 Å². The van der Waals surface area contributed by atoms with E-state index in [1.807, 2.05) is 12.4 Å². The number of rotatable bonds is 5.